The number of aromatic nitrogens is 2. The molecule has 1 aliphatic heterocycles. The largest absolute Gasteiger partial charge is 0.323 e. The molecule has 1 aromatic carbocycles. The van der Waals surface area contributed by atoms with Gasteiger partial charge in [0.15, 0.2) is 0 Å². The average Bonchev–Trinajstić information content (AvgIpc) is 2.49. The van der Waals surface area contributed by atoms with E-state index in [1.54, 1.807) is 0 Å². The number of aryl methyl sites for hydroxylation is 1. The Bertz CT molecular complexity index is 717. The van der Waals surface area contributed by atoms with Gasteiger partial charge in [0.25, 0.3) is 0 Å². The molecule has 0 fully saturated rings. The van der Waals surface area contributed by atoms with E-state index in [0.29, 0.717) is 23.2 Å². The van der Waals surface area contributed by atoms with Crippen molar-refractivity contribution >= 4 is 34.7 Å². The van der Waals surface area contributed by atoms with Gasteiger partial charge in [-0.15, -0.1) is 0 Å². The molecule has 1 aliphatic rings. The van der Waals surface area contributed by atoms with Crippen molar-refractivity contribution in [1.29, 1.82) is 0 Å². The Balaban J connectivity index is 2.17. The Hall–Kier alpha value is -2.14. The highest BCUT2D eigenvalue weighted by Gasteiger charge is 2.26. The van der Waals surface area contributed by atoms with E-state index >= 15 is 0 Å². The Morgan fingerprint density at radius 2 is 2.10 bits per heavy atom. The van der Waals surface area contributed by atoms with Gasteiger partial charge in [-0.25, -0.2) is 9.97 Å². The van der Waals surface area contributed by atoms with Crippen LogP contribution in [0.1, 0.15) is 18.3 Å². The highest BCUT2D eigenvalue weighted by atomic mass is 35.5. The van der Waals surface area contributed by atoms with Crippen molar-refractivity contribution in [2.75, 3.05) is 16.8 Å². The number of rotatable bonds is 2. The highest BCUT2D eigenvalue weighted by Crippen LogP contribution is 2.36. The van der Waals surface area contributed by atoms with E-state index in [0.717, 1.165) is 16.9 Å². The fourth-order valence-corrected chi connectivity index (χ4v) is 2.55. The normalized spacial score (nSPS) is 13.9. The predicted octanol–water partition coefficient (Wildman–Crippen LogP) is 3.09. The summed E-state index contributed by atoms with van der Waals surface area (Å²) in [6.07, 6.45) is 0.689. The number of hydrogen-bond donors (Lipinski definition) is 1. The van der Waals surface area contributed by atoms with Crippen molar-refractivity contribution in [3.05, 3.63) is 40.8 Å². The third-order valence-electron chi connectivity index (χ3n) is 3.45. The smallest absolute Gasteiger partial charge is 0.244 e. The number of carbonyl (C=O) groups is 1. The summed E-state index contributed by atoms with van der Waals surface area (Å²) in [5.41, 5.74) is 2.47. The molecule has 0 unspecified atom stereocenters. The lowest BCUT2D eigenvalue weighted by molar-refractivity contribution is -0.115. The molecule has 21 heavy (non-hydrogen) atoms. The third kappa shape index (κ3) is 2.45. The van der Waals surface area contributed by atoms with Crippen molar-refractivity contribution in [2.45, 2.75) is 20.3 Å². The number of hydrogen-bond acceptors (Lipinski definition) is 4. The van der Waals surface area contributed by atoms with E-state index < -0.39 is 0 Å². The molecule has 0 bridgehead atoms. The Labute approximate surface area is 128 Å². The Kier molecular flexibility index (Phi) is 3.51. The molecule has 0 spiro atoms. The first-order valence-electron chi connectivity index (χ1n) is 6.79. The third-order valence-corrected chi connectivity index (χ3v) is 3.82. The zero-order valence-electron chi connectivity index (χ0n) is 11.9. The fraction of sp³-hybridized carbons (Fsp3) is 0.267. The molecule has 2 aromatic rings. The van der Waals surface area contributed by atoms with Crippen LogP contribution in [0.15, 0.2) is 24.3 Å². The molecule has 0 saturated heterocycles. The van der Waals surface area contributed by atoms with Gasteiger partial charge in [-0.2, -0.15) is 0 Å². The minimum atomic E-state index is -0.0686. The molecule has 6 heteroatoms. The Morgan fingerprint density at radius 3 is 2.86 bits per heavy atom. The van der Waals surface area contributed by atoms with Gasteiger partial charge in [0, 0.05) is 12.0 Å². The number of nitrogens with zero attached hydrogens (tertiary/aromatic N) is 3. The SMILES string of the molecule is CCc1nc(Cl)c(C)c(N2CC(=O)Nc3ccccc32)n1. The molecule has 0 aliphatic carbocycles. The summed E-state index contributed by atoms with van der Waals surface area (Å²) in [7, 11) is 0. The second-order valence-corrected chi connectivity index (χ2v) is 5.24. The number of benzene rings is 1. The number of carbonyl (C=O) groups excluding carboxylic acids is 1. The summed E-state index contributed by atoms with van der Waals surface area (Å²) < 4.78 is 0. The number of anilines is 3. The van der Waals surface area contributed by atoms with E-state index in [1.165, 1.54) is 0 Å². The van der Waals surface area contributed by atoms with E-state index in [9.17, 15) is 4.79 Å². The molecule has 1 amide bonds. The lowest BCUT2D eigenvalue weighted by Crippen LogP contribution is -2.36. The van der Waals surface area contributed by atoms with Crippen LogP contribution in [0.4, 0.5) is 17.2 Å². The molecule has 5 nitrogen and oxygen atoms in total. The summed E-state index contributed by atoms with van der Waals surface area (Å²) in [5.74, 6) is 1.29. The van der Waals surface area contributed by atoms with Crippen LogP contribution in [-0.2, 0) is 11.2 Å². The molecule has 0 radical (unpaired) electrons. The van der Waals surface area contributed by atoms with Crippen LogP contribution in [-0.4, -0.2) is 22.4 Å². The van der Waals surface area contributed by atoms with Crippen LogP contribution >= 0.6 is 11.6 Å². The first-order chi connectivity index (χ1) is 10.1. The predicted molar refractivity (Wildman–Crippen MR) is 83.2 cm³/mol. The maximum atomic E-state index is 11.9. The summed E-state index contributed by atoms with van der Waals surface area (Å²) >= 11 is 6.20. The topological polar surface area (TPSA) is 58.1 Å². The molecular weight excluding hydrogens is 288 g/mol. The average molecular weight is 303 g/mol. The summed E-state index contributed by atoms with van der Waals surface area (Å²) in [6, 6.07) is 7.65. The van der Waals surface area contributed by atoms with Crippen LogP contribution in [0.5, 0.6) is 0 Å². The zero-order chi connectivity index (χ0) is 15.0. The van der Waals surface area contributed by atoms with Crippen molar-refractivity contribution < 1.29 is 4.79 Å². The van der Waals surface area contributed by atoms with Gasteiger partial charge in [-0.1, -0.05) is 30.7 Å². The minimum Gasteiger partial charge on any atom is -0.323 e. The number of halogens is 1. The van der Waals surface area contributed by atoms with Gasteiger partial charge >= 0.3 is 0 Å². The van der Waals surface area contributed by atoms with Crippen molar-refractivity contribution in [3.8, 4) is 0 Å². The van der Waals surface area contributed by atoms with Gasteiger partial charge in [0.2, 0.25) is 5.91 Å². The zero-order valence-corrected chi connectivity index (χ0v) is 12.6. The number of amides is 1. The van der Waals surface area contributed by atoms with Crippen molar-refractivity contribution in [2.24, 2.45) is 0 Å². The van der Waals surface area contributed by atoms with Gasteiger partial charge < -0.3 is 10.2 Å². The van der Waals surface area contributed by atoms with E-state index in [1.807, 2.05) is 43.0 Å². The maximum Gasteiger partial charge on any atom is 0.244 e. The first kappa shape index (κ1) is 13.8. The van der Waals surface area contributed by atoms with Crippen LogP contribution in [0.25, 0.3) is 0 Å². The highest BCUT2D eigenvalue weighted by molar-refractivity contribution is 6.30. The van der Waals surface area contributed by atoms with Crippen molar-refractivity contribution in [3.63, 3.8) is 0 Å². The fourth-order valence-electron chi connectivity index (χ4n) is 2.36. The first-order valence-corrected chi connectivity index (χ1v) is 7.17. The van der Waals surface area contributed by atoms with Crippen LogP contribution in [0, 0.1) is 6.92 Å². The monoisotopic (exact) mass is 302 g/mol. The number of fused-ring (bicyclic) bond motifs is 1. The van der Waals surface area contributed by atoms with E-state index in [-0.39, 0.29) is 12.5 Å². The van der Waals surface area contributed by atoms with Crippen LogP contribution < -0.4 is 10.2 Å². The molecule has 1 aromatic heterocycles. The van der Waals surface area contributed by atoms with Gasteiger partial charge in [0.05, 0.1) is 11.4 Å². The lowest BCUT2D eigenvalue weighted by atomic mass is 10.1. The molecule has 0 atom stereocenters. The number of para-hydroxylation sites is 2. The quantitative estimate of drug-likeness (QED) is 0.866. The Morgan fingerprint density at radius 1 is 1.33 bits per heavy atom. The second-order valence-electron chi connectivity index (χ2n) is 4.88. The van der Waals surface area contributed by atoms with Crippen LogP contribution in [0.2, 0.25) is 5.15 Å². The lowest BCUT2D eigenvalue weighted by Gasteiger charge is -2.31. The molecule has 3 rings (SSSR count). The number of nitrogens with one attached hydrogen (secondary N) is 1. The molecule has 1 N–H and O–H groups in total. The van der Waals surface area contributed by atoms with Gasteiger partial charge in [-0.3, -0.25) is 4.79 Å². The van der Waals surface area contributed by atoms with Gasteiger partial charge in [0.1, 0.15) is 23.3 Å². The van der Waals surface area contributed by atoms with E-state index in [2.05, 4.69) is 15.3 Å². The standard InChI is InChI=1S/C15H15ClN4O/c1-3-12-18-14(16)9(2)15(19-12)20-8-13(21)17-10-6-4-5-7-11(10)20/h4-7H,3,8H2,1-2H3,(H,17,21). The molecule has 108 valence electrons. The molecule has 2 heterocycles. The van der Waals surface area contributed by atoms with Crippen LogP contribution in [0.3, 0.4) is 0 Å². The summed E-state index contributed by atoms with van der Waals surface area (Å²) in [6.45, 7) is 4.06. The van der Waals surface area contributed by atoms with E-state index in [4.69, 9.17) is 11.6 Å². The summed E-state index contributed by atoms with van der Waals surface area (Å²) in [4.78, 5) is 22.6. The van der Waals surface area contributed by atoms with Crippen molar-refractivity contribution in [1.82, 2.24) is 9.97 Å². The second kappa shape index (κ2) is 5.33. The summed E-state index contributed by atoms with van der Waals surface area (Å²) in [5, 5.41) is 3.30. The molecule has 0 saturated carbocycles. The minimum absolute atomic E-state index is 0.0686. The maximum absolute atomic E-state index is 11.9. The van der Waals surface area contributed by atoms with Gasteiger partial charge in [-0.05, 0) is 19.1 Å². The molecular formula is C15H15ClN4O.